The molecule has 0 amide bonds. The monoisotopic (exact) mass is 454 g/mol. The van der Waals surface area contributed by atoms with E-state index in [-0.39, 0.29) is 0 Å². The highest BCUT2D eigenvalue weighted by Gasteiger charge is 2.46. The van der Waals surface area contributed by atoms with Crippen molar-refractivity contribution >= 4 is 17.5 Å². The third-order valence-corrected chi connectivity index (χ3v) is 4.09. The third kappa shape index (κ3) is 5.43. The van der Waals surface area contributed by atoms with Gasteiger partial charge in [-0.2, -0.15) is 41.3 Å². The Morgan fingerprint density at radius 3 is 1.83 bits per heavy atom. The molecule has 0 spiro atoms. The Hall–Kier alpha value is -2.32. The molecule has 1 unspecified atom stereocenters. The number of hydrogen-bond acceptors (Lipinski definition) is 6. The van der Waals surface area contributed by atoms with E-state index in [1.165, 1.54) is 0 Å². The molecule has 1 aromatic rings. The molecular formula is C15H16F9N5O. The third-order valence-electron chi connectivity index (χ3n) is 4.09. The molecule has 1 aliphatic rings. The first-order valence-corrected chi connectivity index (χ1v) is 8.28. The molecule has 6 nitrogen and oxygen atoms in total. The van der Waals surface area contributed by atoms with Crippen LogP contribution in [0.1, 0.15) is 33.9 Å². The maximum absolute atomic E-state index is 14.4. The van der Waals surface area contributed by atoms with Crippen molar-refractivity contribution in [3.63, 3.8) is 0 Å². The average molecular weight is 454 g/mol. The Bertz CT molecular complexity index is 816. The zero-order chi connectivity index (χ0) is 24.0. The molecule has 1 heterocycles. The average Bonchev–Trinajstić information content (AvgIpc) is 2.58. The summed E-state index contributed by atoms with van der Waals surface area (Å²) in [4.78, 5) is 10.3. The summed E-state index contributed by atoms with van der Waals surface area (Å²) in [6, 6.07) is -4.59. The minimum Gasteiger partial charge on any atom is -0.380 e. The van der Waals surface area contributed by atoms with Gasteiger partial charge in [0.1, 0.15) is 17.9 Å². The minimum atomic E-state index is -4.82. The zero-order valence-corrected chi connectivity index (χ0v) is 15.3. The van der Waals surface area contributed by atoms with E-state index in [4.69, 9.17) is 1.37 Å². The summed E-state index contributed by atoms with van der Waals surface area (Å²) in [6.07, 6.45) is -15.8. The van der Waals surface area contributed by atoms with E-state index in [0.29, 0.717) is 13.8 Å². The van der Waals surface area contributed by atoms with Gasteiger partial charge in [-0.15, -0.1) is 0 Å². The molecule has 0 radical (unpaired) electrons. The van der Waals surface area contributed by atoms with E-state index in [1.807, 2.05) is 0 Å². The molecule has 3 N–H and O–H groups in total. The van der Waals surface area contributed by atoms with Crippen LogP contribution >= 0.6 is 0 Å². The summed E-state index contributed by atoms with van der Waals surface area (Å²) >= 11 is 0. The van der Waals surface area contributed by atoms with Crippen molar-refractivity contribution in [2.24, 2.45) is 0 Å². The molecule has 0 saturated heterocycles. The van der Waals surface area contributed by atoms with Crippen LogP contribution in [0.15, 0.2) is 5.83 Å². The Labute approximate surface area is 165 Å². The molecule has 1 aliphatic carbocycles. The molecule has 0 fully saturated rings. The number of nitrogens with zero attached hydrogens (tertiary/aromatic N) is 3. The maximum Gasteiger partial charge on any atom is 0.408 e. The van der Waals surface area contributed by atoms with Gasteiger partial charge in [-0.1, -0.05) is 0 Å². The second kappa shape index (κ2) is 8.07. The number of aliphatic hydroxyl groups is 1. The van der Waals surface area contributed by atoms with E-state index in [0.717, 1.165) is 0 Å². The summed E-state index contributed by atoms with van der Waals surface area (Å²) in [5, 5.41) is 13.0. The van der Waals surface area contributed by atoms with E-state index in [2.05, 4.69) is 15.0 Å². The molecular weight excluding hydrogens is 437 g/mol. The number of allylic oxidation sites excluding steroid dienone is 1. The van der Waals surface area contributed by atoms with Gasteiger partial charge < -0.3 is 15.7 Å². The van der Waals surface area contributed by atoms with Crippen molar-refractivity contribution in [1.29, 1.82) is 0 Å². The summed E-state index contributed by atoms with van der Waals surface area (Å²) in [6.45, 7) is 1.27. The standard InChI is InChI=1S/C15H16F9N5O/c1-5(14(19,20)21)25-11-27-10(7-3-4-13(17,18)9(30)8(7)16)28-12(29-11)26-6(2)15(22,23)24/h5-6,9,30H,3-4H2,1-2H3,(H2,25,26,27,28,29)/t5-,6-,9?/m1/s1/i9D. The summed E-state index contributed by atoms with van der Waals surface area (Å²) in [5.41, 5.74) is -0.878. The molecule has 1 aromatic heterocycles. The van der Waals surface area contributed by atoms with Gasteiger partial charge in [0, 0.05) is 12.0 Å². The quantitative estimate of drug-likeness (QED) is 0.582. The van der Waals surface area contributed by atoms with Crippen LogP contribution in [-0.2, 0) is 0 Å². The number of alkyl halides is 8. The maximum atomic E-state index is 14.4. The highest BCUT2D eigenvalue weighted by atomic mass is 19.4. The molecule has 0 aromatic carbocycles. The normalized spacial score (nSPS) is 24.9. The highest BCUT2D eigenvalue weighted by molar-refractivity contribution is 5.66. The molecule has 0 aliphatic heterocycles. The molecule has 15 heteroatoms. The molecule has 0 saturated carbocycles. The number of nitrogens with one attached hydrogen (secondary N) is 2. The second-order valence-corrected chi connectivity index (χ2v) is 6.47. The Morgan fingerprint density at radius 2 is 1.43 bits per heavy atom. The SMILES string of the molecule is [2H]C1(O)C(F)=C(c2nc(N[C@H](C)C(F)(F)F)nc(N[C@H](C)C(F)(F)F)n2)CCC1(F)F. The number of aromatic nitrogens is 3. The number of halogens is 9. The lowest BCUT2D eigenvalue weighted by Gasteiger charge is -2.28. The first-order valence-electron chi connectivity index (χ1n) is 8.78. The van der Waals surface area contributed by atoms with Crippen LogP contribution in [0, 0.1) is 0 Å². The number of hydrogen-bond donors (Lipinski definition) is 3. The molecule has 170 valence electrons. The summed E-state index contributed by atoms with van der Waals surface area (Å²) in [7, 11) is 0. The Balaban J connectivity index is 2.56. The predicted molar refractivity (Wildman–Crippen MR) is 86.3 cm³/mol. The van der Waals surface area contributed by atoms with Gasteiger partial charge in [0.25, 0.3) is 5.92 Å². The summed E-state index contributed by atoms with van der Waals surface area (Å²) in [5.74, 6) is -9.07. The van der Waals surface area contributed by atoms with Crippen molar-refractivity contribution < 1.29 is 46.0 Å². The van der Waals surface area contributed by atoms with Crippen molar-refractivity contribution in [1.82, 2.24) is 15.0 Å². The van der Waals surface area contributed by atoms with Gasteiger partial charge in [0.15, 0.2) is 11.9 Å². The van der Waals surface area contributed by atoms with Crippen molar-refractivity contribution in [2.45, 2.75) is 63.1 Å². The van der Waals surface area contributed by atoms with E-state index in [9.17, 15) is 44.6 Å². The fourth-order valence-corrected chi connectivity index (χ4v) is 2.21. The van der Waals surface area contributed by atoms with Crippen LogP contribution in [0.4, 0.5) is 51.4 Å². The van der Waals surface area contributed by atoms with Gasteiger partial charge in [0.05, 0.1) is 1.37 Å². The molecule has 30 heavy (non-hydrogen) atoms. The zero-order valence-electron chi connectivity index (χ0n) is 16.3. The van der Waals surface area contributed by atoms with E-state index in [1.54, 1.807) is 10.6 Å². The first kappa shape index (κ1) is 22.4. The predicted octanol–water partition coefficient (Wildman–Crippen LogP) is 4.07. The van der Waals surface area contributed by atoms with Crippen molar-refractivity contribution in [3.05, 3.63) is 11.7 Å². The second-order valence-electron chi connectivity index (χ2n) is 6.47. The number of rotatable bonds is 5. The van der Waals surface area contributed by atoms with Crippen molar-refractivity contribution in [3.8, 4) is 0 Å². The first-order chi connectivity index (χ1) is 13.9. The number of anilines is 2. The van der Waals surface area contributed by atoms with Gasteiger partial charge >= 0.3 is 12.4 Å². The van der Waals surface area contributed by atoms with Gasteiger partial charge in [-0.3, -0.25) is 0 Å². The van der Waals surface area contributed by atoms with Gasteiger partial charge in [-0.25, -0.2) is 13.2 Å². The van der Waals surface area contributed by atoms with Gasteiger partial charge in [0.2, 0.25) is 11.9 Å². The summed E-state index contributed by atoms with van der Waals surface area (Å²) < 4.78 is 126. The van der Waals surface area contributed by atoms with Crippen LogP contribution < -0.4 is 10.6 Å². The van der Waals surface area contributed by atoms with Crippen molar-refractivity contribution in [2.75, 3.05) is 10.6 Å². The Kier molecular flexibility index (Phi) is 6.02. The molecule has 2 rings (SSSR count). The van der Waals surface area contributed by atoms with Crippen LogP contribution in [0.2, 0.25) is 0 Å². The lowest BCUT2D eigenvalue weighted by Crippen LogP contribution is -2.38. The van der Waals surface area contributed by atoms with E-state index >= 15 is 0 Å². The lowest BCUT2D eigenvalue weighted by atomic mass is 9.92. The van der Waals surface area contributed by atoms with Crippen LogP contribution in [0.25, 0.3) is 5.57 Å². The Morgan fingerprint density at radius 1 is 1.00 bits per heavy atom. The smallest absolute Gasteiger partial charge is 0.380 e. The highest BCUT2D eigenvalue weighted by Crippen LogP contribution is 2.41. The van der Waals surface area contributed by atoms with Crippen LogP contribution in [0.3, 0.4) is 0 Å². The fraction of sp³-hybridized carbons (Fsp3) is 0.667. The largest absolute Gasteiger partial charge is 0.408 e. The molecule has 0 bridgehead atoms. The topological polar surface area (TPSA) is 83.0 Å². The van der Waals surface area contributed by atoms with Crippen LogP contribution in [-0.4, -0.2) is 56.5 Å². The lowest BCUT2D eigenvalue weighted by molar-refractivity contribution is -0.139. The van der Waals surface area contributed by atoms with Crippen LogP contribution in [0.5, 0.6) is 0 Å². The fourth-order valence-electron chi connectivity index (χ4n) is 2.21. The molecule has 3 atom stereocenters. The van der Waals surface area contributed by atoms with E-state index < -0.39 is 78.4 Å². The van der Waals surface area contributed by atoms with Gasteiger partial charge in [-0.05, 0) is 20.3 Å². The minimum absolute atomic E-state index is 0.637.